The van der Waals surface area contributed by atoms with Crippen LogP contribution >= 0.6 is 0 Å². The van der Waals surface area contributed by atoms with Gasteiger partial charge in [0.15, 0.2) is 23.1 Å². The van der Waals surface area contributed by atoms with Gasteiger partial charge in [0.1, 0.15) is 0 Å². The van der Waals surface area contributed by atoms with Crippen molar-refractivity contribution in [3.05, 3.63) is 23.8 Å². The molecule has 1 aromatic rings. The molecule has 0 spiro atoms. The molecule has 13 heavy (non-hydrogen) atoms. The summed E-state index contributed by atoms with van der Waals surface area (Å²) in [6, 6.07) is 1.37. The monoisotopic (exact) mass is 190 g/mol. The fraction of sp³-hybridized carbons (Fsp3) is 0. The third-order valence-corrected chi connectivity index (χ3v) is 1.26. The number of benzene rings is 1. The van der Waals surface area contributed by atoms with Crippen LogP contribution in [0.5, 0.6) is 11.5 Å². The number of phenolic OH excluding ortho intramolecular Hbond substituents is 1. The Morgan fingerprint density at radius 3 is 2.23 bits per heavy atom. The number of aromatic hydroxyl groups is 1. The van der Waals surface area contributed by atoms with E-state index in [1.165, 1.54) is 0 Å². The number of halogens is 2. The molecule has 0 aliphatic heterocycles. The summed E-state index contributed by atoms with van der Waals surface area (Å²) in [4.78, 5) is 0. The molecule has 0 heterocycles. The zero-order valence-electron chi connectivity index (χ0n) is 6.24. The highest BCUT2D eigenvalue weighted by atomic mass is 19.1. The predicted octanol–water partition coefficient (Wildman–Crippen LogP) is 0.0187. The van der Waals surface area contributed by atoms with Gasteiger partial charge in [-0.2, -0.15) is 0 Å². The van der Waals surface area contributed by atoms with Crippen LogP contribution in [0.25, 0.3) is 0 Å². The van der Waals surface area contributed by atoms with Gasteiger partial charge in [-0.25, -0.2) is 8.78 Å². The minimum Gasteiger partial charge on any atom is -0.507 e. The van der Waals surface area contributed by atoms with Crippen molar-refractivity contribution in [1.82, 2.24) is 0 Å². The van der Waals surface area contributed by atoms with Crippen LogP contribution in [0.2, 0.25) is 0 Å². The van der Waals surface area contributed by atoms with Gasteiger partial charge in [0.25, 0.3) is 0 Å². The largest absolute Gasteiger partial charge is 0.707 e. The lowest BCUT2D eigenvalue weighted by molar-refractivity contribution is 0.271. The van der Waals surface area contributed by atoms with Crippen molar-refractivity contribution >= 4 is 7.32 Å². The van der Waals surface area contributed by atoms with Crippen LogP contribution in [0.3, 0.4) is 0 Å². The number of hydrogen-bond donors (Lipinski definition) is 3. The van der Waals surface area contributed by atoms with E-state index in [4.69, 9.17) is 15.2 Å². The van der Waals surface area contributed by atoms with Crippen LogP contribution in [0.4, 0.5) is 8.78 Å². The summed E-state index contributed by atoms with van der Waals surface area (Å²) in [5.41, 5.74) is 0. The van der Waals surface area contributed by atoms with Gasteiger partial charge >= 0.3 is 7.32 Å². The first kappa shape index (κ1) is 9.75. The molecule has 4 nitrogen and oxygen atoms in total. The normalized spacial score (nSPS) is 9.85. The minimum atomic E-state index is -2.32. The summed E-state index contributed by atoms with van der Waals surface area (Å²) >= 11 is 0. The maximum absolute atomic E-state index is 12.7. The lowest BCUT2D eigenvalue weighted by atomic mass is 10.2. The molecule has 0 saturated heterocycles. The molecule has 0 radical (unpaired) electrons. The molecule has 0 amide bonds. The van der Waals surface area contributed by atoms with E-state index in [9.17, 15) is 8.78 Å². The Balaban J connectivity index is 3.10. The molecule has 3 N–H and O–H groups in total. The Kier molecular flexibility index (Phi) is 2.69. The second-order valence-electron chi connectivity index (χ2n) is 2.15. The summed E-state index contributed by atoms with van der Waals surface area (Å²) in [6.45, 7) is 0. The van der Waals surface area contributed by atoms with E-state index in [1.54, 1.807) is 0 Å². The molecular weight excluding hydrogens is 185 g/mol. The van der Waals surface area contributed by atoms with Crippen LogP contribution < -0.4 is 4.65 Å². The topological polar surface area (TPSA) is 69.9 Å². The number of rotatable bonds is 2. The first-order valence-corrected chi connectivity index (χ1v) is 3.22. The molecule has 7 heteroatoms. The molecule has 0 unspecified atom stereocenters. The first-order valence-electron chi connectivity index (χ1n) is 3.22. The van der Waals surface area contributed by atoms with Gasteiger partial charge in [-0.15, -0.1) is 0 Å². The van der Waals surface area contributed by atoms with Crippen molar-refractivity contribution in [3.63, 3.8) is 0 Å². The van der Waals surface area contributed by atoms with E-state index >= 15 is 0 Å². The quantitative estimate of drug-likeness (QED) is 0.574. The molecule has 0 bridgehead atoms. The third kappa shape index (κ3) is 2.07. The zero-order valence-corrected chi connectivity index (χ0v) is 6.24. The molecule has 0 aliphatic rings. The maximum atomic E-state index is 12.7. The Bertz CT molecular complexity index is 318. The average molecular weight is 190 g/mol. The van der Waals surface area contributed by atoms with E-state index in [-0.39, 0.29) is 0 Å². The van der Waals surface area contributed by atoms with E-state index in [2.05, 4.69) is 4.65 Å². The van der Waals surface area contributed by atoms with Crippen molar-refractivity contribution in [2.45, 2.75) is 0 Å². The number of hydrogen-bond acceptors (Lipinski definition) is 4. The maximum Gasteiger partial charge on any atom is 0.707 e. The molecule has 0 fully saturated rings. The van der Waals surface area contributed by atoms with E-state index < -0.39 is 30.5 Å². The average Bonchev–Trinajstić information content (AvgIpc) is 2.05. The predicted molar refractivity (Wildman–Crippen MR) is 38.8 cm³/mol. The molecule has 0 aliphatic carbocycles. The van der Waals surface area contributed by atoms with Crippen LogP contribution in [0, 0.1) is 11.6 Å². The Labute approximate surface area is 72.2 Å². The highest BCUT2D eigenvalue weighted by Crippen LogP contribution is 2.31. The smallest absolute Gasteiger partial charge is 0.507 e. The molecule has 0 aromatic heterocycles. The summed E-state index contributed by atoms with van der Waals surface area (Å²) in [6.07, 6.45) is 0. The number of phenols is 1. The standard InChI is InChI=1S/C6H5BF2O4/c8-3-1-2-4(9)6(5(3)10)13-7(11)12/h1-2,10-12H. The lowest BCUT2D eigenvalue weighted by Crippen LogP contribution is -2.21. The first-order chi connectivity index (χ1) is 6.02. The summed E-state index contributed by atoms with van der Waals surface area (Å²) in [7, 11) is -2.32. The van der Waals surface area contributed by atoms with Gasteiger partial charge in [-0.05, 0) is 12.1 Å². The van der Waals surface area contributed by atoms with Gasteiger partial charge < -0.3 is 19.8 Å². The van der Waals surface area contributed by atoms with E-state index in [0.29, 0.717) is 12.1 Å². The van der Waals surface area contributed by atoms with E-state index in [1.807, 2.05) is 0 Å². The molecule has 0 atom stereocenters. The van der Waals surface area contributed by atoms with Crippen molar-refractivity contribution in [2.75, 3.05) is 0 Å². The van der Waals surface area contributed by atoms with E-state index in [0.717, 1.165) is 0 Å². The third-order valence-electron chi connectivity index (χ3n) is 1.26. The Morgan fingerprint density at radius 2 is 1.69 bits per heavy atom. The van der Waals surface area contributed by atoms with Gasteiger partial charge in [0, 0.05) is 0 Å². The van der Waals surface area contributed by atoms with Crippen LogP contribution in [0.1, 0.15) is 0 Å². The Hall–Kier alpha value is -1.34. The summed E-state index contributed by atoms with van der Waals surface area (Å²) in [5.74, 6) is -4.24. The van der Waals surface area contributed by atoms with Crippen LogP contribution in [0.15, 0.2) is 12.1 Å². The fourth-order valence-electron chi connectivity index (χ4n) is 0.740. The van der Waals surface area contributed by atoms with Crippen LogP contribution in [-0.4, -0.2) is 22.5 Å². The molecule has 1 aromatic carbocycles. The molecular formula is C6H5BF2O4. The summed E-state index contributed by atoms with van der Waals surface area (Å²) in [5, 5.41) is 25.4. The van der Waals surface area contributed by atoms with Crippen LogP contribution in [-0.2, 0) is 0 Å². The molecule has 1 rings (SSSR count). The minimum absolute atomic E-state index is 0.682. The van der Waals surface area contributed by atoms with Gasteiger partial charge in [-0.3, -0.25) is 0 Å². The lowest BCUT2D eigenvalue weighted by Gasteiger charge is -2.07. The van der Waals surface area contributed by atoms with Gasteiger partial charge in [-0.1, -0.05) is 0 Å². The summed E-state index contributed by atoms with van der Waals surface area (Å²) < 4.78 is 29.3. The highest BCUT2D eigenvalue weighted by Gasteiger charge is 2.20. The second kappa shape index (κ2) is 3.59. The van der Waals surface area contributed by atoms with Crippen molar-refractivity contribution in [1.29, 1.82) is 0 Å². The molecule has 70 valence electrons. The fourth-order valence-corrected chi connectivity index (χ4v) is 0.740. The zero-order chi connectivity index (χ0) is 10.0. The van der Waals surface area contributed by atoms with Crippen molar-refractivity contribution in [2.24, 2.45) is 0 Å². The van der Waals surface area contributed by atoms with Crippen molar-refractivity contribution in [3.8, 4) is 11.5 Å². The molecule has 0 saturated carbocycles. The van der Waals surface area contributed by atoms with Gasteiger partial charge in [0.2, 0.25) is 0 Å². The van der Waals surface area contributed by atoms with Crippen molar-refractivity contribution < 1.29 is 28.6 Å². The SMILES string of the molecule is OB(O)Oc1c(F)ccc(F)c1O. The highest BCUT2D eigenvalue weighted by molar-refractivity contribution is 6.33. The van der Waals surface area contributed by atoms with Gasteiger partial charge in [0.05, 0.1) is 0 Å². The Morgan fingerprint density at radius 1 is 1.15 bits per heavy atom. The second-order valence-corrected chi connectivity index (χ2v) is 2.15.